The van der Waals surface area contributed by atoms with Gasteiger partial charge in [-0.3, -0.25) is 15.6 Å². The molecule has 0 aliphatic carbocycles. The van der Waals surface area contributed by atoms with Gasteiger partial charge in [-0.15, -0.1) is 23.2 Å². The van der Waals surface area contributed by atoms with Gasteiger partial charge < -0.3 is 5.32 Å². The molecule has 0 fully saturated rings. The number of rotatable bonds is 8. The van der Waals surface area contributed by atoms with E-state index in [2.05, 4.69) is 20.9 Å². The second-order valence-electron chi connectivity index (χ2n) is 5.00. The van der Waals surface area contributed by atoms with Gasteiger partial charge in [0.05, 0.1) is 5.52 Å². The minimum absolute atomic E-state index is 0.520. The molecule has 0 aliphatic rings. The summed E-state index contributed by atoms with van der Waals surface area (Å²) in [7, 11) is 0. The topological polar surface area (TPSA) is 49.0 Å². The van der Waals surface area contributed by atoms with Crippen LogP contribution in [0.4, 0.5) is 5.69 Å². The number of hydrogen-bond acceptors (Lipinski definition) is 4. The molecule has 2 rings (SSSR count). The molecule has 0 radical (unpaired) electrons. The lowest BCUT2D eigenvalue weighted by atomic mass is 10.1. The largest absolute Gasteiger partial charge is 0.355 e. The van der Waals surface area contributed by atoms with Crippen molar-refractivity contribution in [1.29, 1.82) is 0 Å². The van der Waals surface area contributed by atoms with E-state index >= 15 is 0 Å². The monoisotopic (exact) mass is 360 g/mol. The number of nitrogens with one attached hydrogen (secondary N) is 3. The van der Waals surface area contributed by atoms with Crippen LogP contribution < -0.4 is 16.0 Å². The van der Waals surface area contributed by atoms with E-state index in [9.17, 15) is 0 Å². The van der Waals surface area contributed by atoms with Crippen molar-refractivity contribution in [2.75, 3.05) is 30.2 Å². The van der Waals surface area contributed by atoms with Crippen LogP contribution in [0.1, 0.15) is 6.92 Å². The van der Waals surface area contributed by atoms with Gasteiger partial charge in [0.25, 0.3) is 0 Å². The lowest BCUT2D eigenvalue weighted by Crippen LogP contribution is -2.61. The number of nitrogens with zero attached hydrogens (tertiary/aromatic N) is 1. The molecule has 7 heteroatoms. The van der Waals surface area contributed by atoms with Crippen LogP contribution in [-0.4, -0.2) is 35.6 Å². The molecule has 1 aromatic carbocycles. The molecule has 22 heavy (non-hydrogen) atoms. The number of hydrogen-bond donors (Lipinski definition) is 3. The molecule has 0 atom stereocenters. The fourth-order valence-corrected chi connectivity index (χ4v) is 2.60. The summed E-state index contributed by atoms with van der Waals surface area (Å²) in [6.07, 6.45) is 1.75. The molecule has 0 saturated heterocycles. The quantitative estimate of drug-likeness (QED) is 0.496. The van der Waals surface area contributed by atoms with E-state index < -0.39 is 5.79 Å². The maximum Gasteiger partial charge on any atom is 0.140 e. The highest BCUT2D eigenvalue weighted by Gasteiger charge is 2.22. The van der Waals surface area contributed by atoms with E-state index in [4.69, 9.17) is 34.8 Å². The van der Waals surface area contributed by atoms with Crippen LogP contribution in [-0.2, 0) is 0 Å². The number of anilines is 1. The van der Waals surface area contributed by atoms with Gasteiger partial charge in [0, 0.05) is 47.1 Å². The first-order valence-electron chi connectivity index (χ1n) is 7.02. The van der Waals surface area contributed by atoms with Crippen molar-refractivity contribution in [3.63, 3.8) is 0 Å². The number of pyridine rings is 1. The molecule has 0 amide bonds. The van der Waals surface area contributed by atoms with Crippen LogP contribution in [0.25, 0.3) is 10.9 Å². The van der Waals surface area contributed by atoms with Gasteiger partial charge in [-0.2, -0.15) is 0 Å². The zero-order valence-corrected chi connectivity index (χ0v) is 14.6. The summed E-state index contributed by atoms with van der Waals surface area (Å²) >= 11 is 17.6. The highest BCUT2D eigenvalue weighted by Crippen LogP contribution is 2.25. The van der Waals surface area contributed by atoms with E-state index in [0.29, 0.717) is 29.9 Å². The van der Waals surface area contributed by atoms with E-state index in [-0.39, 0.29) is 0 Å². The first-order valence-corrected chi connectivity index (χ1v) is 8.47. The summed E-state index contributed by atoms with van der Waals surface area (Å²) in [5, 5.41) is 11.8. The van der Waals surface area contributed by atoms with E-state index in [1.54, 1.807) is 6.20 Å². The summed E-state index contributed by atoms with van der Waals surface area (Å²) in [6, 6.07) is 7.58. The molecule has 4 nitrogen and oxygen atoms in total. The number of halogens is 3. The molecular formula is C15H19Cl3N4. The Kier molecular flexibility index (Phi) is 6.53. The number of fused-ring (bicyclic) bond motifs is 1. The Hall–Kier alpha value is -0.780. The average Bonchev–Trinajstić information content (AvgIpc) is 2.51. The van der Waals surface area contributed by atoms with Gasteiger partial charge in [-0.1, -0.05) is 11.6 Å². The number of alkyl halides is 2. The molecule has 1 aromatic heterocycles. The van der Waals surface area contributed by atoms with Crippen molar-refractivity contribution in [2.24, 2.45) is 0 Å². The van der Waals surface area contributed by atoms with Crippen LogP contribution in [0.15, 0.2) is 30.5 Å². The van der Waals surface area contributed by atoms with E-state index in [1.807, 2.05) is 31.2 Å². The van der Waals surface area contributed by atoms with Gasteiger partial charge in [0.1, 0.15) is 5.79 Å². The Labute approximate surface area is 145 Å². The highest BCUT2D eigenvalue weighted by molar-refractivity contribution is 6.31. The van der Waals surface area contributed by atoms with Crippen LogP contribution in [0, 0.1) is 0 Å². The summed E-state index contributed by atoms with van der Waals surface area (Å²) in [5.41, 5.74) is 1.79. The fourth-order valence-electron chi connectivity index (χ4n) is 2.24. The molecular weight excluding hydrogens is 343 g/mol. The van der Waals surface area contributed by atoms with Crippen LogP contribution in [0.3, 0.4) is 0 Å². The van der Waals surface area contributed by atoms with Crippen molar-refractivity contribution in [1.82, 2.24) is 15.6 Å². The van der Waals surface area contributed by atoms with Gasteiger partial charge >= 0.3 is 0 Å². The fraction of sp³-hybridized carbons (Fsp3) is 0.400. The Morgan fingerprint density at radius 3 is 2.41 bits per heavy atom. The molecule has 0 saturated carbocycles. The predicted molar refractivity (Wildman–Crippen MR) is 96.2 cm³/mol. The Morgan fingerprint density at radius 1 is 1.09 bits per heavy atom. The predicted octanol–water partition coefficient (Wildman–Crippen LogP) is 3.63. The third-order valence-electron chi connectivity index (χ3n) is 3.24. The average molecular weight is 362 g/mol. The molecule has 120 valence electrons. The SMILES string of the molecule is CC(NCCCl)(NCCCl)Nc1ccnc2cc(Cl)ccc12. The number of aromatic nitrogens is 1. The zero-order valence-electron chi connectivity index (χ0n) is 12.3. The number of benzene rings is 1. The van der Waals surface area contributed by atoms with Gasteiger partial charge in [-0.25, -0.2) is 0 Å². The van der Waals surface area contributed by atoms with Crippen LogP contribution in [0.2, 0.25) is 5.02 Å². The third kappa shape index (κ3) is 4.61. The van der Waals surface area contributed by atoms with Crippen molar-refractivity contribution >= 4 is 51.4 Å². The Balaban J connectivity index is 2.29. The van der Waals surface area contributed by atoms with Gasteiger partial charge in [-0.05, 0) is 31.2 Å². The summed E-state index contributed by atoms with van der Waals surface area (Å²) in [4.78, 5) is 4.35. The summed E-state index contributed by atoms with van der Waals surface area (Å²) in [6.45, 7) is 3.33. The van der Waals surface area contributed by atoms with Crippen molar-refractivity contribution in [3.8, 4) is 0 Å². The van der Waals surface area contributed by atoms with E-state index in [0.717, 1.165) is 16.6 Å². The first-order chi connectivity index (χ1) is 10.6. The van der Waals surface area contributed by atoms with Gasteiger partial charge in [0.15, 0.2) is 0 Å². The third-order valence-corrected chi connectivity index (χ3v) is 3.85. The second-order valence-corrected chi connectivity index (χ2v) is 6.19. The minimum Gasteiger partial charge on any atom is -0.355 e. The minimum atomic E-state index is -0.530. The standard InChI is InChI=1S/C15H19Cl3N4/c1-15(20-8-5-16,21-9-6-17)22-13-4-7-19-14-10-11(18)2-3-12(13)14/h2-4,7,10,20-21H,5-6,8-9H2,1H3,(H,19,22). The Morgan fingerprint density at radius 2 is 1.77 bits per heavy atom. The Bertz CT molecular complexity index is 613. The lowest BCUT2D eigenvalue weighted by Gasteiger charge is -2.34. The molecule has 0 bridgehead atoms. The van der Waals surface area contributed by atoms with Gasteiger partial charge in [0.2, 0.25) is 0 Å². The molecule has 0 spiro atoms. The second kappa shape index (κ2) is 8.18. The summed E-state index contributed by atoms with van der Waals surface area (Å²) < 4.78 is 0. The molecule has 0 aliphatic heterocycles. The van der Waals surface area contributed by atoms with Crippen LogP contribution >= 0.6 is 34.8 Å². The van der Waals surface area contributed by atoms with Crippen molar-refractivity contribution in [2.45, 2.75) is 12.7 Å². The zero-order chi connectivity index (χ0) is 16.0. The van der Waals surface area contributed by atoms with E-state index in [1.165, 1.54) is 0 Å². The lowest BCUT2D eigenvalue weighted by molar-refractivity contribution is 0.339. The normalized spacial score (nSPS) is 11.8. The highest BCUT2D eigenvalue weighted by atomic mass is 35.5. The van der Waals surface area contributed by atoms with Crippen LogP contribution in [0.5, 0.6) is 0 Å². The molecule has 0 unspecified atom stereocenters. The maximum atomic E-state index is 6.03. The summed E-state index contributed by atoms with van der Waals surface area (Å²) in [5.74, 6) is 0.511. The maximum absolute atomic E-state index is 6.03. The smallest absolute Gasteiger partial charge is 0.140 e. The first kappa shape index (κ1) is 17.6. The van der Waals surface area contributed by atoms with Crippen molar-refractivity contribution < 1.29 is 0 Å². The van der Waals surface area contributed by atoms with Crippen molar-refractivity contribution in [3.05, 3.63) is 35.5 Å². The molecule has 2 aromatic rings. The molecule has 1 heterocycles. The molecule has 3 N–H and O–H groups in total.